The second-order valence-electron chi connectivity index (χ2n) is 14.4. The minimum atomic E-state index is 0.549. The van der Waals surface area contributed by atoms with E-state index >= 15 is 0 Å². The molecule has 12 aromatic rings. The topological polar surface area (TPSA) is 56.7 Å². The van der Waals surface area contributed by atoms with Crippen molar-refractivity contribution in [2.75, 3.05) is 0 Å². The highest BCUT2D eigenvalue weighted by Crippen LogP contribution is 2.43. The van der Waals surface area contributed by atoms with Gasteiger partial charge in [-0.15, -0.1) is 0 Å². The predicted octanol–water partition coefficient (Wildman–Crippen LogP) is 13.3. The van der Waals surface area contributed by atoms with Crippen LogP contribution in [0.15, 0.2) is 186 Å². The van der Waals surface area contributed by atoms with E-state index in [1.54, 1.807) is 0 Å². The average molecular weight is 715 g/mol. The van der Waals surface area contributed by atoms with E-state index in [4.69, 9.17) is 19.4 Å². The standard InChI is InChI=1S/C51H30N4O/c1-3-14-34-29-36(25-23-31(34)11-1)49-52-50(37-26-24-32-12-2-4-15-35(32)30-37)54-51(53-49)55-44-22-8-7-17-39(44)40-18-9-19-41(47(40)55)42-20-10-21-43-46-38-16-6-5-13-33(38)27-28-45(46)56-48(42)43/h1-30H. The highest BCUT2D eigenvalue weighted by molar-refractivity contribution is 6.22. The minimum Gasteiger partial charge on any atom is -0.455 e. The maximum absolute atomic E-state index is 6.79. The van der Waals surface area contributed by atoms with Gasteiger partial charge in [0, 0.05) is 43.8 Å². The first-order chi connectivity index (χ1) is 27.7. The van der Waals surface area contributed by atoms with Gasteiger partial charge in [-0.05, 0) is 56.6 Å². The number of hydrogen-bond donors (Lipinski definition) is 0. The van der Waals surface area contributed by atoms with Crippen LogP contribution in [-0.2, 0) is 0 Å². The summed E-state index contributed by atoms with van der Waals surface area (Å²) in [6.07, 6.45) is 0. The largest absolute Gasteiger partial charge is 0.455 e. The summed E-state index contributed by atoms with van der Waals surface area (Å²) in [5.74, 6) is 1.77. The van der Waals surface area contributed by atoms with Crippen molar-refractivity contribution in [2.24, 2.45) is 0 Å². The van der Waals surface area contributed by atoms with Crippen molar-refractivity contribution in [3.63, 3.8) is 0 Å². The number of fused-ring (bicyclic) bond motifs is 10. The lowest BCUT2D eigenvalue weighted by Crippen LogP contribution is -2.07. The summed E-state index contributed by atoms with van der Waals surface area (Å²) in [7, 11) is 0. The zero-order valence-electron chi connectivity index (χ0n) is 30.0. The molecule has 0 saturated carbocycles. The number of aromatic nitrogens is 4. The van der Waals surface area contributed by atoms with E-state index in [0.717, 1.165) is 76.8 Å². The Bertz CT molecular complexity index is 3460. The van der Waals surface area contributed by atoms with Crippen molar-refractivity contribution < 1.29 is 4.42 Å². The molecule has 0 radical (unpaired) electrons. The Morgan fingerprint density at radius 1 is 0.393 bits per heavy atom. The summed E-state index contributed by atoms with van der Waals surface area (Å²) >= 11 is 0. The summed E-state index contributed by atoms with van der Waals surface area (Å²) in [5.41, 5.74) is 7.64. The van der Waals surface area contributed by atoms with Gasteiger partial charge in [0.25, 0.3) is 0 Å². The molecule has 0 aliphatic rings. The number of benzene rings is 9. The minimum absolute atomic E-state index is 0.549. The number of nitrogens with zero attached hydrogens (tertiary/aromatic N) is 4. The van der Waals surface area contributed by atoms with Gasteiger partial charge < -0.3 is 4.42 Å². The Morgan fingerprint density at radius 3 is 1.66 bits per heavy atom. The summed E-state index contributed by atoms with van der Waals surface area (Å²) < 4.78 is 9.00. The second-order valence-corrected chi connectivity index (χ2v) is 14.4. The van der Waals surface area contributed by atoms with Gasteiger partial charge in [0.1, 0.15) is 11.2 Å². The van der Waals surface area contributed by atoms with Crippen LogP contribution in [0.5, 0.6) is 0 Å². The SMILES string of the molecule is c1ccc2cc(-c3nc(-c4ccc5ccccc5c4)nc(-n4c5ccccc5c5cccc(-c6cccc7c6oc6ccc8ccccc8c67)c54)n3)ccc2c1. The van der Waals surface area contributed by atoms with Gasteiger partial charge in [-0.2, -0.15) is 9.97 Å². The number of para-hydroxylation sites is 3. The summed E-state index contributed by atoms with van der Waals surface area (Å²) in [6.45, 7) is 0. The van der Waals surface area contributed by atoms with Crippen LogP contribution in [0.1, 0.15) is 0 Å². The first kappa shape index (κ1) is 30.8. The first-order valence-corrected chi connectivity index (χ1v) is 18.9. The molecule has 5 nitrogen and oxygen atoms in total. The van der Waals surface area contributed by atoms with Gasteiger partial charge in [-0.1, -0.05) is 158 Å². The second kappa shape index (κ2) is 11.9. The van der Waals surface area contributed by atoms with Crippen molar-refractivity contribution in [2.45, 2.75) is 0 Å². The third-order valence-electron chi connectivity index (χ3n) is 11.2. The van der Waals surface area contributed by atoms with Crippen molar-refractivity contribution in [3.8, 4) is 39.9 Å². The van der Waals surface area contributed by atoms with Gasteiger partial charge in [-0.3, -0.25) is 4.57 Å². The zero-order valence-corrected chi connectivity index (χ0v) is 30.0. The van der Waals surface area contributed by atoms with Gasteiger partial charge in [0.15, 0.2) is 11.6 Å². The van der Waals surface area contributed by atoms with Crippen molar-refractivity contribution in [1.82, 2.24) is 19.5 Å². The Hall–Kier alpha value is -7.63. The molecular formula is C51H30N4O. The number of furan rings is 1. The fourth-order valence-electron chi connectivity index (χ4n) is 8.60. The highest BCUT2D eigenvalue weighted by Gasteiger charge is 2.23. The van der Waals surface area contributed by atoms with E-state index < -0.39 is 0 Å². The van der Waals surface area contributed by atoms with Crippen LogP contribution < -0.4 is 0 Å². The Labute approximate surface area is 320 Å². The van der Waals surface area contributed by atoms with Crippen LogP contribution in [0, 0.1) is 0 Å². The molecule has 0 aliphatic carbocycles. The molecule has 0 aliphatic heterocycles. The van der Waals surface area contributed by atoms with Crippen molar-refractivity contribution >= 4 is 76.1 Å². The van der Waals surface area contributed by atoms with E-state index in [1.807, 2.05) is 0 Å². The molecule has 5 heteroatoms. The third-order valence-corrected chi connectivity index (χ3v) is 11.2. The molecule has 0 saturated heterocycles. The molecule has 0 amide bonds. The maximum Gasteiger partial charge on any atom is 0.238 e. The molecular weight excluding hydrogens is 685 g/mol. The molecule has 9 aromatic carbocycles. The Morgan fingerprint density at radius 2 is 0.946 bits per heavy atom. The number of rotatable bonds is 4. The van der Waals surface area contributed by atoms with E-state index in [2.05, 4.69) is 187 Å². The number of hydrogen-bond acceptors (Lipinski definition) is 4. The molecule has 0 fully saturated rings. The molecule has 0 unspecified atom stereocenters. The monoisotopic (exact) mass is 714 g/mol. The van der Waals surface area contributed by atoms with E-state index in [9.17, 15) is 0 Å². The molecule has 3 aromatic heterocycles. The maximum atomic E-state index is 6.79. The van der Waals surface area contributed by atoms with Crippen LogP contribution in [0.25, 0.3) is 116 Å². The summed E-state index contributed by atoms with van der Waals surface area (Å²) in [6, 6.07) is 63.9. The molecule has 0 N–H and O–H groups in total. The molecule has 0 atom stereocenters. The van der Waals surface area contributed by atoms with Gasteiger partial charge in [0.2, 0.25) is 5.95 Å². The third kappa shape index (κ3) is 4.64. The quantitative estimate of drug-likeness (QED) is 0.182. The van der Waals surface area contributed by atoms with Crippen molar-refractivity contribution in [1.29, 1.82) is 0 Å². The van der Waals surface area contributed by atoms with Crippen LogP contribution in [0.4, 0.5) is 0 Å². The fourth-order valence-corrected chi connectivity index (χ4v) is 8.60. The molecule has 0 bridgehead atoms. The van der Waals surface area contributed by atoms with Crippen LogP contribution in [0.2, 0.25) is 0 Å². The molecule has 3 heterocycles. The molecule has 56 heavy (non-hydrogen) atoms. The van der Waals surface area contributed by atoms with E-state index in [0.29, 0.717) is 17.6 Å². The predicted molar refractivity (Wildman–Crippen MR) is 230 cm³/mol. The first-order valence-electron chi connectivity index (χ1n) is 18.9. The van der Waals surface area contributed by atoms with Crippen LogP contribution >= 0.6 is 0 Å². The smallest absolute Gasteiger partial charge is 0.238 e. The van der Waals surface area contributed by atoms with Gasteiger partial charge >= 0.3 is 0 Å². The van der Waals surface area contributed by atoms with Gasteiger partial charge in [0.05, 0.1) is 11.0 Å². The average Bonchev–Trinajstić information content (AvgIpc) is 3.82. The van der Waals surface area contributed by atoms with Crippen molar-refractivity contribution in [3.05, 3.63) is 182 Å². The van der Waals surface area contributed by atoms with E-state index in [1.165, 1.54) is 21.5 Å². The zero-order chi connectivity index (χ0) is 36.7. The molecule has 12 rings (SSSR count). The lowest BCUT2D eigenvalue weighted by Gasteiger charge is -2.13. The normalized spacial score (nSPS) is 11.9. The lowest BCUT2D eigenvalue weighted by molar-refractivity contribution is 0.670. The molecule has 260 valence electrons. The fraction of sp³-hybridized carbons (Fsp3) is 0. The highest BCUT2D eigenvalue weighted by atomic mass is 16.3. The van der Waals surface area contributed by atoms with E-state index in [-0.39, 0.29) is 0 Å². The lowest BCUT2D eigenvalue weighted by atomic mass is 9.98. The van der Waals surface area contributed by atoms with Gasteiger partial charge in [-0.25, -0.2) is 4.98 Å². The molecule has 0 spiro atoms. The Kier molecular flexibility index (Phi) is 6.56. The van der Waals surface area contributed by atoms with Crippen LogP contribution in [-0.4, -0.2) is 19.5 Å². The Balaban J connectivity index is 1.16. The summed E-state index contributed by atoms with van der Waals surface area (Å²) in [5, 5.41) is 11.4. The van der Waals surface area contributed by atoms with Crippen LogP contribution in [0.3, 0.4) is 0 Å². The summed E-state index contributed by atoms with van der Waals surface area (Å²) in [4.78, 5) is 15.8.